The molecule has 5 heteroatoms. The van der Waals surface area contributed by atoms with Gasteiger partial charge in [-0.2, -0.15) is 0 Å². The fourth-order valence-corrected chi connectivity index (χ4v) is 2.14. The van der Waals surface area contributed by atoms with Gasteiger partial charge in [0.1, 0.15) is 5.75 Å². The molecule has 0 aromatic heterocycles. The Bertz CT molecular complexity index is 458. The number of ether oxygens (including phenoxy) is 2. The first-order valence-corrected chi connectivity index (χ1v) is 6.26. The number of benzene rings is 1. The molecule has 1 aliphatic carbocycles. The van der Waals surface area contributed by atoms with E-state index in [1.54, 1.807) is 19.2 Å². The number of hydrogen-bond donors (Lipinski definition) is 1. The second kappa shape index (κ2) is 5.48. The van der Waals surface area contributed by atoms with Gasteiger partial charge < -0.3 is 14.8 Å². The minimum atomic E-state index is -0.426. The first kappa shape index (κ1) is 13.0. The third-order valence-corrected chi connectivity index (χ3v) is 3.45. The molecule has 1 aliphatic rings. The van der Waals surface area contributed by atoms with Crippen molar-refractivity contribution in [1.82, 2.24) is 0 Å². The van der Waals surface area contributed by atoms with Gasteiger partial charge in [0.25, 0.3) is 0 Å². The standard InChI is InChI=1S/C13H16ClNO3/c1-17-11-7-8(13(16)18-2)6-10(14)12(11)15-9-4-3-5-9/h6-7,9,15H,3-5H2,1-2H3. The van der Waals surface area contributed by atoms with Gasteiger partial charge in [-0.3, -0.25) is 0 Å². The van der Waals surface area contributed by atoms with Gasteiger partial charge in [0.2, 0.25) is 0 Å². The summed E-state index contributed by atoms with van der Waals surface area (Å²) in [4.78, 5) is 11.5. The summed E-state index contributed by atoms with van der Waals surface area (Å²) in [6.07, 6.45) is 3.51. The highest BCUT2D eigenvalue weighted by Crippen LogP contribution is 2.36. The highest BCUT2D eigenvalue weighted by atomic mass is 35.5. The molecular weight excluding hydrogens is 254 g/mol. The number of hydrogen-bond acceptors (Lipinski definition) is 4. The Hall–Kier alpha value is -1.42. The van der Waals surface area contributed by atoms with Crippen molar-refractivity contribution < 1.29 is 14.3 Å². The molecule has 0 atom stereocenters. The zero-order chi connectivity index (χ0) is 13.1. The van der Waals surface area contributed by atoms with Gasteiger partial charge in [-0.1, -0.05) is 11.6 Å². The van der Waals surface area contributed by atoms with E-state index in [1.165, 1.54) is 13.5 Å². The van der Waals surface area contributed by atoms with Crippen LogP contribution in [0.25, 0.3) is 0 Å². The van der Waals surface area contributed by atoms with E-state index in [0.29, 0.717) is 22.4 Å². The lowest BCUT2D eigenvalue weighted by Crippen LogP contribution is -2.27. The SMILES string of the molecule is COC(=O)c1cc(Cl)c(NC2CCC2)c(OC)c1. The third-order valence-electron chi connectivity index (χ3n) is 3.15. The largest absolute Gasteiger partial charge is 0.495 e. The van der Waals surface area contributed by atoms with Crippen LogP contribution in [0.5, 0.6) is 5.75 Å². The van der Waals surface area contributed by atoms with Gasteiger partial charge in [-0.15, -0.1) is 0 Å². The Morgan fingerprint density at radius 1 is 1.39 bits per heavy atom. The summed E-state index contributed by atoms with van der Waals surface area (Å²) in [5.74, 6) is 0.139. The lowest BCUT2D eigenvalue weighted by Gasteiger charge is -2.28. The fraction of sp³-hybridized carbons (Fsp3) is 0.462. The summed E-state index contributed by atoms with van der Waals surface area (Å²) >= 11 is 6.19. The molecule has 0 unspecified atom stereocenters. The van der Waals surface area contributed by atoms with Crippen LogP contribution in [0.2, 0.25) is 5.02 Å². The van der Waals surface area contributed by atoms with Gasteiger partial charge in [-0.05, 0) is 31.4 Å². The number of nitrogens with one attached hydrogen (secondary N) is 1. The van der Waals surface area contributed by atoms with Crippen molar-refractivity contribution >= 4 is 23.3 Å². The number of rotatable bonds is 4. The van der Waals surface area contributed by atoms with Crippen LogP contribution in [0.15, 0.2) is 12.1 Å². The molecule has 0 bridgehead atoms. The van der Waals surface area contributed by atoms with Crippen LogP contribution in [0.4, 0.5) is 5.69 Å². The van der Waals surface area contributed by atoms with E-state index >= 15 is 0 Å². The quantitative estimate of drug-likeness (QED) is 0.854. The number of carbonyl (C=O) groups is 1. The molecule has 18 heavy (non-hydrogen) atoms. The Kier molecular flexibility index (Phi) is 3.97. The van der Waals surface area contributed by atoms with E-state index in [1.807, 2.05) is 0 Å². The monoisotopic (exact) mass is 269 g/mol. The van der Waals surface area contributed by atoms with Crippen molar-refractivity contribution in [3.8, 4) is 5.75 Å². The van der Waals surface area contributed by atoms with E-state index < -0.39 is 5.97 Å². The van der Waals surface area contributed by atoms with E-state index in [2.05, 4.69) is 10.1 Å². The summed E-state index contributed by atoms with van der Waals surface area (Å²) in [5, 5.41) is 3.82. The molecule has 0 aliphatic heterocycles. The van der Waals surface area contributed by atoms with Crippen molar-refractivity contribution in [2.24, 2.45) is 0 Å². The Morgan fingerprint density at radius 3 is 2.61 bits per heavy atom. The minimum absolute atomic E-state index is 0.388. The molecule has 1 N–H and O–H groups in total. The summed E-state index contributed by atoms with van der Waals surface area (Å²) in [6.45, 7) is 0. The van der Waals surface area contributed by atoms with E-state index in [-0.39, 0.29) is 0 Å². The molecular formula is C13H16ClNO3. The maximum Gasteiger partial charge on any atom is 0.338 e. The molecule has 98 valence electrons. The molecule has 1 aromatic rings. The first-order valence-electron chi connectivity index (χ1n) is 5.88. The zero-order valence-corrected chi connectivity index (χ0v) is 11.2. The van der Waals surface area contributed by atoms with Gasteiger partial charge in [0.15, 0.2) is 0 Å². The van der Waals surface area contributed by atoms with E-state index in [0.717, 1.165) is 18.5 Å². The highest BCUT2D eigenvalue weighted by molar-refractivity contribution is 6.34. The minimum Gasteiger partial charge on any atom is -0.495 e. The summed E-state index contributed by atoms with van der Waals surface area (Å²) in [5.41, 5.74) is 1.13. The average Bonchev–Trinajstić information content (AvgIpc) is 2.33. The molecule has 0 saturated heterocycles. The molecule has 2 rings (SSSR count). The summed E-state index contributed by atoms with van der Waals surface area (Å²) in [6, 6.07) is 3.68. The van der Waals surface area contributed by atoms with Gasteiger partial charge in [-0.25, -0.2) is 4.79 Å². The normalized spacial score (nSPS) is 14.8. The molecule has 1 saturated carbocycles. The van der Waals surface area contributed by atoms with Crippen molar-refractivity contribution in [1.29, 1.82) is 0 Å². The number of halogens is 1. The number of carbonyl (C=O) groups excluding carboxylic acids is 1. The topological polar surface area (TPSA) is 47.6 Å². The maximum atomic E-state index is 11.5. The Balaban J connectivity index is 2.30. The van der Waals surface area contributed by atoms with Gasteiger partial charge >= 0.3 is 5.97 Å². The molecule has 4 nitrogen and oxygen atoms in total. The van der Waals surface area contributed by atoms with Crippen LogP contribution in [-0.2, 0) is 4.74 Å². The van der Waals surface area contributed by atoms with Crippen molar-refractivity contribution in [3.63, 3.8) is 0 Å². The number of anilines is 1. The van der Waals surface area contributed by atoms with Crippen molar-refractivity contribution in [3.05, 3.63) is 22.7 Å². The molecule has 0 radical (unpaired) electrons. The molecule has 0 spiro atoms. The molecule has 1 fully saturated rings. The number of esters is 1. The molecule has 0 amide bonds. The van der Waals surface area contributed by atoms with Crippen LogP contribution in [0.1, 0.15) is 29.6 Å². The van der Waals surface area contributed by atoms with Crippen LogP contribution in [0, 0.1) is 0 Å². The van der Waals surface area contributed by atoms with Crippen LogP contribution in [-0.4, -0.2) is 26.2 Å². The number of methoxy groups -OCH3 is 2. The van der Waals surface area contributed by atoms with Gasteiger partial charge in [0.05, 0.1) is 30.5 Å². The van der Waals surface area contributed by atoms with Crippen LogP contribution < -0.4 is 10.1 Å². The lowest BCUT2D eigenvalue weighted by atomic mass is 9.93. The average molecular weight is 270 g/mol. The smallest absolute Gasteiger partial charge is 0.338 e. The van der Waals surface area contributed by atoms with E-state index in [9.17, 15) is 4.79 Å². The highest BCUT2D eigenvalue weighted by Gasteiger charge is 2.21. The predicted octanol–water partition coefficient (Wildman–Crippen LogP) is 3.10. The second-order valence-corrected chi connectivity index (χ2v) is 4.71. The third kappa shape index (κ3) is 2.53. The Labute approximate surface area is 111 Å². The second-order valence-electron chi connectivity index (χ2n) is 4.30. The van der Waals surface area contributed by atoms with Crippen LogP contribution >= 0.6 is 11.6 Å². The molecule has 1 aromatic carbocycles. The van der Waals surface area contributed by atoms with E-state index in [4.69, 9.17) is 16.3 Å². The van der Waals surface area contributed by atoms with Crippen LogP contribution in [0.3, 0.4) is 0 Å². The fourth-order valence-electron chi connectivity index (χ4n) is 1.87. The Morgan fingerprint density at radius 2 is 2.11 bits per heavy atom. The maximum absolute atomic E-state index is 11.5. The van der Waals surface area contributed by atoms with Gasteiger partial charge in [0, 0.05) is 6.04 Å². The summed E-state index contributed by atoms with van der Waals surface area (Å²) in [7, 11) is 2.89. The zero-order valence-electron chi connectivity index (χ0n) is 10.5. The first-order chi connectivity index (χ1) is 8.65. The summed E-state index contributed by atoms with van der Waals surface area (Å²) < 4.78 is 9.95. The lowest BCUT2D eigenvalue weighted by molar-refractivity contribution is 0.0600. The van der Waals surface area contributed by atoms with Crippen molar-refractivity contribution in [2.75, 3.05) is 19.5 Å². The van der Waals surface area contributed by atoms with Crippen molar-refractivity contribution in [2.45, 2.75) is 25.3 Å². The molecule has 0 heterocycles. The predicted molar refractivity (Wildman–Crippen MR) is 70.6 cm³/mol.